The van der Waals surface area contributed by atoms with E-state index in [4.69, 9.17) is 0 Å². The van der Waals surface area contributed by atoms with E-state index < -0.39 is 0 Å². The maximum atomic E-state index is 11.4. The zero-order valence-electron chi connectivity index (χ0n) is 10.9. The Kier molecular flexibility index (Phi) is 4.80. The van der Waals surface area contributed by atoms with Crippen molar-refractivity contribution in [3.8, 4) is 0 Å². The Balaban J connectivity index is 1.58. The van der Waals surface area contributed by atoms with Gasteiger partial charge in [0.25, 0.3) is 0 Å². The minimum atomic E-state index is 0.164. The molecule has 0 aromatic heterocycles. The van der Waals surface area contributed by atoms with Crippen LogP contribution in [0.1, 0.15) is 32.6 Å². The van der Waals surface area contributed by atoms with Crippen molar-refractivity contribution >= 4 is 5.91 Å². The molecule has 0 unspecified atom stereocenters. The molecule has 4 nitrogen and oxygen atoms in total. The van der Waals surface area contributed by atoms with Gasteiger partial charge in [0.05, 0.1) is 6.54 Å². The first-order valence-corrected chi connectivity index (χ1v) is 7.00. The number of hydrogen-bond donors (Lipinski definition) is 2. The first-order valence-electron chi connectivity index (χ1n) is 7.00. The van der Waals surface area contributed by atoms with Gasteiger partial charge in [0.2, 0.25) is 5.91 Å². The third-order valence-corrected chi connectivity index (χ3v) is 3.72. The van der Waals surface area contributed by atoms with Gasteiger partial charge in [0.1, 0.15) is 0 Å². The van der Waals surface area contributed by atoms with Crippen molar-refractivity contribution in [3.05, 3.63) is 0 Å². The first-order chi connectivity index (χ1) is 8.28. The van der Waals surface area contributed by atoms with Gasteiger partial charge in [-0.15, -0.1) is 0 Å². The zero-order valence-corrected chi connectivity index (χ0v) is 10.9. The van der Waals surface area contributed by atoms with Gasteiger partial charge in [-0.3, -0.25) is 9.69 Å². The fourth-order valence-electron chi connectivity index (χ4n) is 2.41. The van der Waals surface area contributed by atoms with Crippen molar-refractivity contribution in [2.24, 2.45) is 5.92 Å². The van der Waals surface area contributed by atoms with E-state index in [0.717, 1.165) is 25.6 Å². The number of carbonyl (C=O) groups excluding carboxylic acids is 1. The highest BCUT2D eigenvalue weighted by Crippen LogP contribution is 2.28. The van der Waals surface area contributed by atoms with E-state index in [0.29, 0.717) is 12.6 Å². The molecule has 4 heteroatoms. The van der Waals surface area contributed by atoms with Crippen molar-refractivity contribution in [1.82, 2.24) is 15.5 Å². The summed E-state index contributed by atoms with van der Waals surface area (Å²) in [6.07, 6.45) is 5.21. The fraction of sp³-hybridized carbons (Fsp3) is 0.923. The minimum absolute atomic E-state index is 0.164. The summed E-state index contributed by atoms with van der Waals surface area (Å²) in [6.45, 7) is 6.59. The highest BCUT2D eigenvalue weighted by Gasteiger charge is 2.24. The molecule has 0 aromatic carbocycles. The first kappa shape index (κ1) is 12.8. The highest BCUT2D eigenvalue weighted by atomic mass is 16.2. The van der Waals surface area contributed by atoms with Crippen LogP contribution >= 0.6 is 0 Å². The molecule has 2 aliphatic rings. The molecule has 0 spiro atoms. The van der Waals surface area contributed by atoms with Gasteiger partial charge in [0.15, 0.2) is 0 Å². The predicted molar refractivity (Wildman–Crippen MR) is 68.9 cm³/mol. The molecule has 2 rings (SSSR count). The number of nitrogens with zero attached hydrogens (tertiary/aromatic N) is 1. The number of piperidine rings is 1. The minimum Gasteiger partial charge on any atom is -0.355 e. The normalized spacial score (nSPS) is 22.6. The van der Waals surface area contributed by atoms with Gasteiger partial charge >= 0.3 is 0 Å². The van der Waals surface area contributed by atoms with Crippen molar-refractivity contribution in [3.63, 3.8) is 0 Å². The van der Waals surface area contributed by atoms with Crippen molar-refractivity contribution < 1.29 is 4.79 Å². The second-order valence-electron chi connectivity index (χ2n) is 5.36. The van der Waals surface area contributed by atoms with Crippen molar-refractivity contribution in [1.29, 1.82) is 0 Å². The second-order valence-corrected chi connectivity index (χ2v) is 5.36. The summed E-state index contributed by atoms with van der Waals surface area (Å²) >= 11 is 0. The summed E-state index contributed by atoms with van der Waals surface area (Å²) < 4.78 is 0. The Hall–Kier alpha value is -0.610. The number of likely N-dealkylation sites (N-methyl/N-ethyl adjacent to an activating group) is 1. The average Bonchev–Trinajstić information content (AvgIpc) is 3.12. The Morgan fingerprint density at radius 3 is 2.53 bits per heavy atom. The van der Waals surface area contributed by atoms with E-state index in [1.54, 1.807) is 0 Å². The number of hydrogen-bond acceptors (Lipinski definition) is 3. The maximum Gasteiger partial charge on any atom is 0.234 e. The topological polar surface area (TPSA) is 44.4 Å². The Morgan fingerprint density at radius 2 is 1.94 bits per heavy atom. The molecule has 1 amide bonds. The molecule has 1 saturated carbocycles. The molecular weight excluding hydrogens is 214 g/mol. The third kappa shape index (κ3) is 4.64. The standard InChI is InChI=1S/C13H25N3O/c1-2-14-13(17)10-16-7-5-12(6-8-16)15-9-11-3-4-11/h11-12,15H,2-10H2,1H3,(H,14,17). The van der Waals surface area contributed by atoms with Crippen molar-refractivity contribution in [2.45, 2.75) is 38.6 Å². The molecule has 0 aromatic rings. The summed E-state index contributed by atoms with van der Waals surface area (Å²) in [5.74, 6) is 1.13. The van der Waals surface area contributed by atoms with Crippen LogP contribution in [-0.4, -0.2) is 49.6 Å². The molecule has 0 atom stereocenters. The van der Waals surface area contributed by atoms with Gasteiger partial charge in [0, 0.05) is 25.7 Å². The molecule has 1 heterocycles. The van der Waals surface area contributed by atoms with Gasteiger partial charge in [-0.25, -0.2) is 0 Å². The SMILES string of the molecule is CCNC(=O)CN1CCC(NCC2CC2)CC1. The monoisotopic (exact) mass is 239 g/mol. The lowest BCUT2D eigenvalue weighted by molar-refractivity contribution is -0.122. The average molecular weight is 239 g/mol. The number of nitrogens with one attached hydrogen (secondary N) is 2. The Labute approximate surface area is 104 Å². The van der Waals surface area contributed by atoms with Crippen LogP contribution < -0.4 is 10.6 Å². The van der Waals surface area contributed by atoms with E-state index in [9.17, 15) is 4.79 Å². The second kappa shape index (κ2) is 6.36. The van der Waals surface area contributed by atoms with Crippen LogP contribution in [0.25, 0.3) is 0 Å². The number of carbonyl (C=O) groups is 1. The van der Waals surface area contributed by atoms with Gasteiger partial charge < -0.3 is 10.6 Å². The van der Waals surface area contributed by atoms with Gasteiger partial charge in [-0.2, -0.15) is 0 Å². The fourth-order valence-corrected chi connectivity index (χ4v) is 2.41. The largest absolute Gasteiger partial charge is 0.355 e. The predicted octanol–water partition coefficient (Wildman–Crippen LogP) is 0.587. The number of rotatable bonds is 6. The van der Waals surface area contributed by atoms with Gasteiger partial charge in [-0.1, -0.05) is 0 Å². The molecule has 2 N–H and O–H groups in total. The molecule has 98 valence electrons. The smallest absolute Gasteiger partial charge is 0.234 e. The van der Waals surface area contributed by atoms with Crippen LogP contribution in [0.2, 0.25) is 0 Å². The Bertz CT molecular complexity index is 245. The number of likely N-dealkylation sites (tertiary alicyclic amines) is 1. The Morgan fingerprint density at radius 1 is 1.24 bits per heavy atom. The quantitative estimate of drug-likeness (QED) is 0.713. The van der Waals surface area contributed by atoms with Crippen LogP contribution in [0.3, 0.4) is 0 Å². The van der Waals surface area contributed by atoms with E-state index >= 15 is 0 Å². The van der Waals surface area contributed by atoms with Crippen LogP contribution in [0.5, 0.6) is 0 Å². The van der Waals surface area contributed by atoms with Crippen LogP contribution in [0.15, 0.2) is 0 Å². The van der Waals surface area contributed by atoms with Gasteiger partial charge in [-0.05, 0) is 45.1 Å². The van der Waals surface area contributed by atoms with Crippen molar-refractivity contribution in [2.75, 3.05) is 32.7 Å². The van der Waals surface area contributed by atoms with Crippen LogP contribution in [0.4, 0.5) is 0 Å². The summed E-state index contributed by atoms with van der Waals surface area (Å²) in [5.41, 5.74) is 0. The molecule has 1 aliphatic heterocycles. The van der Waals surface area contributed by atoms with E-state index in [2.05, 4.69) is 15.5 Å². The lowest BCUT2D eigenvalue weighted by Crippen LogP contribution is -2.46. The molecule has 1 aliphatic carbocycles. The lowest BCUT2D eigenvalue weighted by atomic mass is 10.0. The molecule has 1 saturated heterocycles. The molecule has 0 bridgehead atoms. The molecule has 17 heavy (non-hydrogen) atoms. The summed E-state index contributed by atoms with van der Waals surface area (Å²) in [4.78, 5) is 13.7. The summed E-state index contributed by atoms with van der Waals surface area (Å²) in [5, 5.41) is 6.51. The van der Waals surface area contributed by atoms with Crippen LogP contribution in [0, 0.1) is 5.92 Å². The molecule has 0 radical (unpaired) electrons. The lowest BCUT2D eigenvalue weighted by Gasteiger charge is -2.32. The molecular formula is C13H25N3O. The summed E-state index contributed by atoms with van der Waals surface area (Å²) in [7, 11) is 0. The van der Waals surface area contributed by atoms with Crippen LogP contribution in [-0.2, 0) is 4.79 Å². The zero-order chi connectivity index (χ0) is 12.1. The summed E-state index contributed by atoms with van der Waals surface area (Å²) in [6, 6.07) is 0.682. The van der Waals surface area contributed by atoms with E-state index in [1.165, 1.54) is 32.2 Å². The highest BCUT2D eigenvalue weighted by molar-refractivity contribution is 5.77. The maximum absolute atomic E-state index is 11.4. The molecule has 2 fully saturated rings. The third-order valence-electron chi connectivity index (χ3n) is 3.72. The van der Waals surface area contributed by atoms with E-state index in [-0.39, 0.29) is 5.91 Å². The van der Waals surface area contributed by atoms with E-state index in [1.807, 2.05) is 6.92 Å². The number of amides is 1.